The van der Waals surface area contributed by atoms with Crippen molar-refractivity contribution in [3.8, 4) is 0 Å². The lowest BCUT2D eigenvalue weighted by Crippen LogP contribution is -2.15. The quantitative estimate of drug-likeness (QED) is 0.832. The number of pyridine rings is 2. The van der Waals surface area contributed by atoms with Gasteiger partial charge in [0, 0.05) is 29.7 Å². The Hall–Kier alpha value is -2.76. The minimum atomic E-state index is -0.572. The molecule has 0 aromatic carbocycles. The molecule has 2 aromatic heterocycles. The maximum absolute atomic E-state index is 11.8. The molecule has 0 saturated heterocycles. The van der Waals surface area contributed by atoms with Crippen LogP contribution < -0.4 is 11.1 Å². The highest BCUT2D eigenvalue weighted by atomic mass is 16.2. The third-order valence-corrected chi connectivity index (χ3v) is 2.23. The Balaban J connectivity index is 2.17. The van der Waals surface area contributed by atoms with Crippen LogP contribution >= 0.6 is 0 Å². The Bertz CT molecular complexity index is 584. The molecular formula is C12H10N4O2. The van der Waals surface area contributed by atoms with Gasteiger partial charge in [-0.2, -0.15) is 0 Å². The molecule has 2 amide bonds. The van der Waals surface area contributed by atoms with E-state index in [-0.39, 0.29) is 17.3 Å². The van der Waals surface area contributed by atoms with Crippen molar-refractivity contribution in [2.45, 2.75) is 0 Å². The molecule has 90 valence electrons. The lowest BCUT2D eigenvalue weighted by Gasteiger charge is -2.04. The molecule has 0 saturated carbocycles. The lowest BCUT2D eigenvalue weighted by molar-refractivity contribution is 0.0996. The molecule has 3 N–H and O–H groups in total. The number of carbonyl (C=O) groups is 2. The second kappa shape index (κ2) is 5.05. The standard InChI is InChI=1S/C12H10N4O2/c13-11(17)9-3-6-15-10(7-9)16-12(18)8-1-4-14-5-2-8/h1-7H,(H2,13,17)(H,15,16,18). The third-order valence-electron chi connectivity index (χ3n) is 2.23. The van der Waals surface area contributed by atoms with Gasteiger partial charge in [-0.25, -0.2) is 4.98 Å². The Morgan fingerprint density at radius 3 is 2.39 bits per heavy atom. The molecule has 0 unspecified atom stereocenters. The zero-order valence-corrected chi connectivity index (χ0v) is 9.33. The number of hydrogen-bond donors (Lipinski definition) is 2. The minimum absolute atomic E-state index is 0.271. The first-order valence-electron chi connectivity index (χ1n) is 5.14. The number of hydrogen-bond acceptors (Lipinski definition) is 4. The normalized spacial score (nSPS) is 9.78. The Morgan fingerprint density at radius 1 is 1.06 bits per heavy atom. The molecule has 6 heteroatoms. The lowest BCUT2D eigenvalue weighted by atomic mass is 10.2. The van der Waals surface area contributed by atoms with Gasteiger partial charge in [0.15, 0.2) is 0 Å². The average molecular weight is 242 g/mol. The van der Waals surface area contributed by atoms with Gasteiger partial charge in [-0.15, -0.1) is 0 Å². The van der Waals surface area contributed by atoms with E-state index in [9.17, 15) is 9.59 Å². The van der Waals surface area contributed by atoms with Crippen LogP contribution in [-0.4, -0.2) is 21.8 Å². The number of rotatable bonds is 3. The number of nitrogens with one attached hydrogen (secondary N) is 1. The summed E-state index contributed by atoms with van der Waals surface area (Å²) in [6.45, 7) is 0. The van der Waals surface area contributed by atoms with E-state index < -0.39 is 5.91 Å². The highest BCUT2D eigenvalue weighted by Crippen LogP contribution is 2.08. The SMILES string of the molecule is NC(=O)c1ccnc(NC(=O)c2ccncc2)c1. The molecule has 0 aliphatic rings. The van der Waals surface area contributed by atoms with E-state index in [0.717, 1.165) is 0 Å². The molecule has 0 aliphatic carbocycles. The first-order valence-corrected chi connectivity index (χ1v) is 5.14. The van der Waals surface area contributed by atoms with Crippen LogP contribution in [0.25, 0.3) is 0 Å². The molecule has 0 radical (unpaired) electrons. The zero-order valence-electron chi connectivity index (χ0n) is 9.33. The Kier molecular flexibility index (Phi) is 3.29. The first kappa shape index (κ1) is 11.7. The van der Waals surface area contributed by atoms with Crippen molar-refractivity contribution in [1.29, 1.82) is 0 Å². The van der Waals surface area contributed by atoms with Crippen molar-refractivity contribution in [3.05, 3.63) is 54.0 Å². The van der Waals surface area contributed by atoms with Crippen molar-refractivity contribution in [1.82, 2.24) is 9.97 Å². The molecule has 2 aromatic rings. The summed E-state index contributed by atoms with van der Waals surface area (Å²) in [5.74, 6) is -0.628. The van der Waals surface area contributed by atoms with E-state index in [1.807, 2.05) is 0 Å². The largest absolute Gasteiger partial charge is 0.366 e. The summed E-state index contributed by atoms with van der Waals surface area (Å²) in [4.78, 5) is 30.5. The summed E-state index contributed by atoms with van der Waals surface area (Å²) in [6.07, 6.45) is 4.44. The molecule has 0 atom stereocenters. The van der Waals surface area contributed by atoms with Crippen LogP contribution in [-0.2, 0) is 0 Å². The van der Waals surface area contributed by atoms with Crippen molar-refractivity contribution in [2.75, 3.05) is 5.32 Å². The smallest absolute Gasteiger partial charge is 0.256 e. The molecule has 0 aliphatic heterocycles. The van der Waals surface area contributed by atoms with Crippen LogP contribution in [0.1, 0.15) is 20.7 Å². The van der Waals surface area contributed by atoms with E-state index in [2.05, 4.69) is 15.3 Å². The maximum atomic E-state index is 11.8. The fourth-order valence-corrected chi connectivity index (χ4v) is 1.34. The second-order valence-corrected chi connectivity index (χ2v) is 3.48. The van der Waals surface area contributed by atoms with Gasteiger partial charge in [0.1, 0.15) is 5.82 Å². The van der Waals surface area contributed by atoms with E-state index in [0.29, 0.717) is 5.56 Å². The summed E-state index contributed by atoms with van der Waals surface area (Å²) in [6, 6.07) is 6.05. The number of nitrogens with zero attached hydrogens (tertiary/aromatic N) is 2. The molecule has 0 fully saturated rings. The average Bonchev–Trinajstić information content (AvgIpc) is 2.40. The third kappa shape index (κ3) is 2.67. The topological polar surface area (TPSA) is 98.0 Å². The fraction of sp³-hybridized carbons (Fsp3) is 0. The molecule has 0 spiro atoms. The summed E-state index contributed by atoms with van der Waals surface area (Å²) in [5.41, 5.74) is 5.88. The van der Waals surface area contributed by atoms with Gasteiger partial charge in [-0.05, 0) is 24.3 Å². The maximum Gasteiger partial charge on any atom is 0.256 e. The Morgan fingerprint density at radius 2 is 1.72 bits per heavy atom. The van der Waals surface area contributed by atoms with E-state index >= 15 is 0 Å². The van der Waals surface area contributed by atoms with Gasteiger partial charge in [-0.1, -0.05) is 0 Å². The first-order chi connectivity index (χ1) is 8.66. The van der Waals surface area contributed by atoms with Gasteiger partial charge in [0.05, 0.1) is 0 Å². The summed E-state index contributed by atoms with van der Waals surface area (Å²) in [7, 11) is 0. The van der Waals surface area contributed by atoms with Crippen LogP contribution in [0.2, 0.25) is 0 Å². The van der Waals surface area contributed by atoms with Crippen LogP contribution in [0.15, 0.2) is 42.9 Å². The Labute approximate surface area is 103 Å². The molecular weight excluding hydrogens is 232 g/mol. The molecule has 6 nitrogen and oxygen atoms in total. The fourth-order valence-electron chi connectivity index (χ4n) is 1.34. The van der Waals surface area contributed by atoms with E-state index in [4.69, 9.17) is 5.73 Å². The summed E-state index contributed by atoms with van der Waals surface area (Å²) >= 11 is 0. The van der Waals surface area contributed by atoms with Crippen LogP contribution in [0, 0.1) is 0 Å². The molecule has 0 bridgehead atoms. The van der Waals surface area contributed by atoms with Gasteiger partial charge in [0.25, 0.3) is 5.91 Å². The van der Waals surface area contributed by atoms with Crippen LogP contribution in [0.3, 0.4) is 0 Å². The van der Waals surface area contributed by atoms with Gasteiger partial charge >= 0.3 is 0 Å². The number of amides is 2. The van der Waals surface area contributed by atoms with Gasteiger partial charge in [0.2, 0.25) is 5.91 Å². The predicted molar refractivity (Wildman–Crippen MR) is 64.9 cm³/mol. The monoisotopic (exact) mass is 242 g/mol. The minimum Gasteiger partial charge on any atom is -0.366 e. The summed E-state index contributed by atoms with van der Waals surface area (Å²) < 4.78 is 0. The van der Waals surface area contributed by atoms with Crippen molar-refractivity contribution < 1.29 is 9.59 Å². The summed E-state index contributed by atoms with van der Waals surface area (Å²) in [5, 5.41) is 2.57. The van der Waals surface area contributed by atoms with Gasteiger partial charge < -0.3 is 11.1 Å². The number of primary amides is 1. The number of aromatic nitrogens is 2. The van der Waals surface area contributed by atoms with E-state index in [1.165, 1.54) is 30.7 Å². The van der Waals surface area contributed by atoms with Gasteiger partial charge in [-0.3, -0.25) is 14.6 Å². The number of anilines is 1. The van der Waals surface area contributed by atoms with Crippen molar-refractivity contribution in [3.63, 3.8) is 0 Å². The number of nitrogens with two attached hydrogens (primary N) is 1. The predicted octanol–water partition coefficient (Wildman–Crippen LogP) is 0.828. The van der Waals surface area contributed by atoms with Crippen LogP contribution in [0.5, 0.6) is 0 Å². The molecule has 2 heterocycles. The second-order valence-electron chi connectivity index (χ2n) is 3.48. The molecule has 2 rings (SSSR count). The molecule has 18 heavy (non-hydrogen) atoms. The zero-order chi connectivity index (χ0) is 13.0. The highest BCUT2D eigenvalue weighted by molar-refractivity contribution is 6.04. The van der Waals surface area contributed by atoms with Crippen molar-refractivity contribution in [2.24, 2.45) is 5.73 Å². The van der Waals surface area contributed by atoms with Crippen LogP contribution in [0.4, 0.5) is 5.82 Å². The van der Waals surface area contributed by atoms with E-state index in [1.54, 1.807) is 12.1 Å². The van der Waals surface area contributed by atoms with Crippen molar-refractivity contribution >= 4 is 17.6 Å². The number of carbonyl (C=O) groups excluding carboxylic acids is 2. The highest BCUT2D eigenvalue weighted by Gasteiger charge is 2.07.